The molecule has 0 saturated carbocycles. The monoisotopic (exact) mass is 286 g/mol. The van der Waals surface area contributed by atoms with Crippen LogP contribution in [0.5, 0.6) is 0 Å². The molecule has 12 heavy (non-hydrogen) atoms. The van der Waals surface area contributed by atoms with E-state index in [4.69, 9.17) is 0 Å². The molecule has 0 fully saturated rings. The number of rotatable bonds is 9. The fourth-order valence-corrected chi connectivity index (χ4v) is 2.79. The quantitative estimate of drug-likeness (QED) is 0.437. The van der Waals surface area contributed by atoms with Crippen LogP contribution in [0.4, 0.5) is 0 Å². The van der Waals surface area contributed by atoms with Crippen LogP contribution >= 0.6 is 0 Å². The molecule has 0 unspecified atom stereocenters. The van der Waals surface area contributed by atoms with Gasteiger partial charge in [0, 0.05) is 0 Å². The maximum absolute atomic E-state index is 2.41. The van der Waals surface area contributed by atoms with Crippen LogP contribution in [0.3, 0.4) is 0 Å². The van der Waals surface area contributed by atoms with E-state index in [2.05, 4.69) is 11.9 Å². The number of hydrogen-bond donors (Lipinski definition) is 0. The van der Waals surface area contributed by atoms with Crippen molar-refractivity contribution in [2.24, 2.45) is 0 Å². The molecule has 0 radical (unpaired) electrons. The van der Waals surface area contributed by atoms with Crippen molar-refractivity contribution in [2.45, 2.75) is 67.7 Å². The van der Waals surface area contributed by atoms with E-state index in [9.17, 15) is 0 Å². The Morgan fingerprint density at radius 3 is 1.75 bits per heavy atom. The fourth-order valence-electron chi connectivity index (χ4n) is 1.38. The Bertz CT molecular complexity index is 61.4. The van der Waals surface area contributed by atoms with E-state index in [1.54, 1.807) is 4.47 Å². The van der Waals surface area contributed by atoms with E-state index in [-0.39, 0.29) is 0 Å². The van der Waals surface area contributed by atoms with E-state index in [0.29, 0.717) is 20.9 Å². The van der Waals surface area contributed by atoms with Gasteiger partial charge in [0.05, 0.1) is 0 Å². The predicted molar refractivity (Wildman–Crippen MR) is 59.0 cm³/mol. The molecule has 0 bridgehead atoms. The van der Waals surface area contributed by atoms with Gasteiger partial charge in [-0.05, 0) is 0 Å². The van der Waals surface area contributed by atoms with Gasteiger partial charge in [0.2, 0.25) is 0 Å². The van der Waals surface area contributed by atoms with Gasteiger partial charge >= 0.3 is 88.7 Å². The first-order valence-corrected chi connectivity index (χ1v) is 9.38. The molecule has 0 atom stereocenters. The van der Waals surface area contributed by atoms with E-state index < -0.39 is 0 Å². The Labute approximate surface area is 88.6 Å². The normalized spacial score (nSPS) is 10.5. The Kier molecular flexibility index (Phi) is 12.6. The van der Waals surface area contributed by atoms with Crippen LogP contribution in [-0.2, 0) is 0 Å². The second-order valence-corrected chi connectivity index (χ2v) is 6.28. The SMILES string of the molecule is CCCCCCCCCC[Te]C. The predicted octanol–water partition coefficient (Wildman–Crippen LogP) is 4.30. The van der Waals surface area contributed by atoms with Crippen LogP contribution in [0, 0.1) is 0 Å². The molecule has 0 aliphatic rings. The van der Waals surface area contributed by atoms with Crippen LogP contribution in [-0.4, -0.2) is 20.9 Å². The van der Waals surface area contributed by atoms with Gasteiger partial charge in [0.25, 0.3) is 0 Å². The molecule has 1 heteroatoms. The molecule has 0 heterocycles. The topological polar surface area (TPSA) is 0 Å². The summed E-state index contributed by atoms with van der Waals surface area (Å²) < 4.78 is 1.57. The summed E-state index contributed by atoms with van der Waals surface area (Å²) in [5.74, 6) is 0. The first kappa shape index (κ1) is 12.8. The summed E-state index contributed by atoms with van der Waals surface area (Å²) in [5.41, 5.74) is 0. The van der Waals surface area contributed by atoms with Crippen LogP contribution in [0.2, 0.25) is 9.44 Å². The second kappa shape index (κ2) is 11.8. The average molecular weight is 284 g/mol. The van der Waals surface area contributed by atoms with E-state index in [1.165, 1.54) is 51.4 Å². The van der Waals surface area contributed by atoms with Gasteiger partial charge in [0.15, 0.2) is 0 Å². The third-order valence-corrected chi connectivity index (χ3v) is 4.19. The molecule has 0 spiro atoms. The van der Waals surface area contributed by atoms with Crippen molar-refractivity contribution in [3.63, 3.8) is 0 Å². The Balaban J connectivity index is 2.73. The molecule has 0 saturated heterocycles. The zero-order chi connectivity index (χ0) is 9.07. The Morgan fingerprint density at radius 1 is 0.750 bits per heavy atom. The molecule has 0 rings (SSSR count). The summed E-state index contributed by atoms with van der Waals surface area (Å²) in [5, 5.41) is 0. The van der Waals surface area contributed by atoms with Gasteiger partial charge < -0.3 is 0 Å². The van der Waals surface area contributed by atoms with Crippen molar-refractivity contribution >= 4 is 20.9 Å². The molecule has 0 aromatic heterocycles. The summed E-state index contributed by atoms with van der Waals surface area (Å²) in [6, 6.07) is 0. The number of hydrogen-bond acceptors (Lipinski definition) is 0. The van der Waals surface area contributed by atoms with E-state index in [1.807, 2.05) is 0 Å². The maximum atomic E-state index is 2.41. The van der Waals surface area contributed by atoms with Crippen LogP contribution in [0.1, 0.15) is 58.3 Å². The first-order chi connectivity index (χ1) is 5.91. The molecular formula is C11H24Te. The molecule has 0 aromatic carbocycles. The van der Waals surface area contributed by atoms with E-state index in [0.717, 1.165) is 0 Å². The third kappa shape index (κ3) is 10.8. The van der Waals surface area contributed by atoms with Crippen molar-refractivity contribution in [3.05, 3.63) is 0 Å². The summed E-state index contributed by atoms with van der Waals surface area (Å²) in [6.45, 7) is 2.28. The fraction of sp³-hybridized carbons (Fsp3) is 1.00. The van der Waals surface area contributed by atoms with E-state index >= 15 is 0 Å². The average Bonchev–Trinajstić information content (AvgIpc) is 2.10. The Morgan fingerprint density at radius 2 is 1.25 bits per heavy atom. The summed E-state index contributed by atoms with van der Waals surface area (Å²) in [4.78, 5) is 2.41. The molecule has 0 aliphatic heterocycles. The van der Waals surface area contributed by atoms with Crippen LogP contribution in [0.15, 0.2) is 0 Å². The van der Waals surface area contributed by atoms with Crippen molar-refractivity contribution in [1.82, 2.24) is 0 Å². The molecule has 0 aliphatic carbocycles. The molecule has 0 nitrogen and oxygen atoms in total. The van der Waals surface area contributed by atoms with Crippen LogP contribution in [0.25, 0.3) is 0 Å². The van der Waals surface area contributed by atoms with Crippen molar-refractivity contribution < 1.29 is 0 Å². The third-order valence-electron chi connectivity index (χ3n) is 2.20. The van der Waals surface area contributed by atoms with Crippen molar-refractivity contribution in [3.8, 4) is 0 Å². The van der Waals surface area contributed by atoms with Crippen molar-refractivity contribution in [1.29, 1.82) is 0 Å². The molecule has 0 aromatic rings. The molecular weight excluding hydrogens is 260 g/mol. The zero-order valence-electron chi connectivity index (χ0n) is 8.77. The van der Waals surface area contributed by atoms with Gasteiger partial charge in [-0.2, -0.15) is 0 Å². The molecule has 74 valence electrons. The molecule has 0 amide bonds. The molecule has 0 N–H and O–H groups in total. The van der Waals surface area contributed by atoms with Gasteiger partial charge in [0.1, 0.15) is 0 Å². The summed E-state index contributed by atoms with van der Waals surface area (Å²) >= 11 is 0.431. The minimum atomic E-state index is 0.431. The zero-order valence-corrected chi connectivity index (χ0v) is 11.1. The van der Waals surface area contributed by atoms with Gasteiger partial charge in [-0.3, -0.25) is 0 Å². The minimum absolute atomic E-state index is 0.431. The van der Waals surface area contributed by atoms with Gasteiger partial charge in [-0.1, -0.05) is 0 Å². The summed E-state index contributed by atoms with van der Waals surface area (Å²) in [7, 11) is 0. The Hall–Kier alpha value is 0.790. The summed E-state index contributed by atoms with van der Waals surface area (Å²) in [6.07, 6.45) is 11.8. The van der Waals surface area contributed by atoms with Gasteiger partial charge in [-0.15, -0.1) is 0 Å². The second-order valence-electron chi connectivity index (χ2n) is 3.47. The first-order valence-electron chi connectivity index (χ1n) is 5.40. The van der Waals surface area contributed by atoms with Crippen molar-refractivity contribution in [2.75, 3.05) is 0 Å². The van der Waals surface area contributed by atoms with Crippen LogP contribution < -0.4 is 0 Å². The standard InChI is InChI=1S/C11H24Te/c1-3-4-5-6-7-8-9-10-11-12-2/h3-11H2,1-2H3. The van der Waals surface area contributed by atoms with Gasteiger partial charge in [-0.25, -0.2) is 0 Å². The number of unbranched alkanes of at least 4 members (excludes halogenated alkanes) is 7.